The molecule has 0 unspecified atom stereocenters. The van der Waals surface area contributed by atoms with Gasteiger partial charge in [-0.1, -0.05) is 72.3 Å². The maximum absolute atomic E-state index is 13.3. The average Bonchev–Trinajstić information content (AvgIpc) is 3.20. The van der Waals surface area contributed by atoms with Gasteiger partial charge in [0.15, 0.2) is 11.5 Å². The summed E-state index contributed by atoms with van der Waals surface area (Å²) in [6, 6.07) is 25.0. The fourth-order valence-corrected chi connectivity index (χ4v) is 5.48. The van der Waals surface area contributed by atoms with Gasteiger partial charge in [0.05, 0.1) is 18.6 Å². The molecule has 4 aromatic rings. The number of carbonyl (C=O) groups is 2. The zero-order chi connectivity index (χ0) is 27.4. The first-order valence-electron chi connectivity index (χ1n) is 12.4. The molecule has 1 aliphatic rings. The highest BCUT2D eigenvalue weighted by Crippen LogP contribution is 2.38. The van der Waals surface area contributed by atoms with E-state index in [1.807, 2.05) is 78.9 Å². The summed E-state index contributed by atoms with van der Waals surface area (Å²) >= 11 is 6.94. The predicted octanol–water partition coefficient (Wildman–Crippen LogP) is 8.05. The number of rotatable bonds is 9. The van der Waals surface area contributed by atoms with Crippen molar-refractivity contribution in [3.8, 4) is 11.5 Å². The van der Waals surface area contributed by atoms with E-state index in [0.717, 1.165) is 44.8 Å². The molecule has 5 nitrogen and oxygen atoms in total. The quantitative estimate of drug-likeness (QED) is 0.154. The van der Waals surface area contributed by atoms with Crippen molar-refractivity contribution < 1.29 is 19.1 Å². The number of hydrogen-bond acceptors (Lipinski definition) is 5. The van der Waals surface area contributed by atoms with Gasteiger partial charge in [0.1, 0.15) is 6.61 Å². The lowest BCUT2D eigenvalue weighted by atomic mass is 10.0. The van der Waals surface area contributed by atoms with E-state index in [1.54, 1.807) is 19.3 Å². The van der Waals surface area contributed by atoms with E-state index < -0.39 is 0 Å². The predicted molar refractivity (Wildman–Crippen MR) is 158 cm³/mol. The highest BCUT2D eigenvalue weighted by molar-refractivity contribution is 8.18. The van der Waals surface area contributed by atoms with E-state index in [1.165, 1.54) is 4.90 Å². The molecule has 5 rings (SSSR count). The van der Waals surface area contributed by atoms with Crippen LogP contribution >= 0.6 is 23.4 Å². The third-order valence-corrected chi connectivity index (χ3v) is 7.57. The second-order valence-electron chi connectivity index (χ2n) is 9.03. The van der Waals surface area contributed by atoms with E-state index in [4.69, 9.17) is 21.1 Å². The number of carbonyl (C=O) groups excluding carboxylic acids is 2. The largest absolute Gasteiger partial charge is 0.493 e. The Morgan fingerprint density at radius 1 is 0.974 bits per heavy atom. The molecule has 4 aromatic carbocycles. The van der Waals surface area contributed by atoms with Crippen molar-refractivity contribution in [3.05, 3.63) is 124 Å². The third-order valence-electron chi connectivity index (χ3n) is 6.41. The highest BCUT2D eigenvalue weighted by atomic mass is 35.5. The zero-order valence-corrected chi connectivity index (χ0v) is 22.9. The molecule has 1 saturated heterocycles. The van der Waals surface area contributed by atoms with Crippen LogP contribution < -0.4 is 9.47 Å². The van der Waals surface area contributed by atoms with E-state index in [9.17, 15) is 9.59 Å². The van der Waals surface area contributed by atoms with Gasteiger partial charge in [-0.2, -0.15) is 0 Å². The molecular formula is C32H26ClNO4S. The van der Waals surface area contributed by atoms with E-state index in [2.05, 4.69) is 6.58 Å². The van der Waals surface area contributed by atoms with Crippen molar-refractivity contribution >= 4 is 51.4 Å². The van der Waals surface area contributed by atoms with Crippen molar-refractivity contribution in [2.24, 2.45) is 0 Å². The maximum Gasteiger partial charge on any atom is 0.293 e. The van der Waals surface area contributed by atoms with Crippen LogP contribution in [-0.2, 0) is 24.4 Å². The number of fused-ring (bicyclic) bond motifs is 1. The minimum atomic E-state index is -0.315. The Morgan fingerprint density at radius 3 is 2.51 bits per heavy atom. The molecule has 0 radical (unpaired) electrons. The first-order chi connectivity index (χ1) is 19.0. The lowest BCUT2D eigenvalue weighted by molar-refractivity contribution is -0.123. The minimum absolute atomic E-state index is 0.214. The fraction of sp³-hybridized carbons (Fsp3) is 0.125. The van der Waals surface area contributed by atoms with Crippen molar-refractivity contribution in [2.75, 3.05) is 7.11 Å². The van der Waals surface area contributed by atoms with Gasteiger partial charge in [-0.05, 0) is 76.0 Å². The van der Waals surface area contributed by atoms with Gasteiger partial charge in [0.25, 0.3) is 11.1 Å². The van der Waals surface area contributed by atoms with Crippen LogP contribution in [0.4, 0.5) is 4.79 Å². The maximum atomic E-state index is 13.3. The zero-order valence-electron chi connectivity index (χ0n) is 21.4. The van der Waals surface area contributed by atoms with Crippen molar-refractivity contribution in [1.82, 2.24) is 4.90 Å². The molecule has 0 bridgehead atoms. The monoisotopic (exact) mass is 555 g/mol. The number of nitrogens with zero attached hydrogens (tertiary/aromatic N) is 1. The minimum Gasteiger partial charge on any atom is -0.493 e. The van der Waals surface area contributed by atoms with Gasteiger partial charge < -0.3 is 9.47 Å². The SMILES string of the molecule is C=CCc1cc(/C=C2\SC(=O)N(Cc3cccc4ccccc34)C2=O)cc(OC)c1OCc1ccc(Cl)cc1. The normalized spacial score (nSPS) is 14.3. The fourth-order valence-electron chi connectivity index (χ4n) is 4.51. The summed E-state index contributed by atoms with van der Waals surface area (Å²) in [5.41, 5.74) is 3.49. The summed E-state index contributed by atoms with van der Waals surface area (Å²) in [5.74, 6) is 0.823. The van der Waals surface area contributed by atoms with Crippen LogP contribution in [-0.4, -0.2) is 23.2 Å². The number of ether oxygens (including phenoxy) is 2. The number of imide groups is 1. The summed E-state index contributed by atoms with van der Waals surface area (Å²) in [4.78, 5) is 27.8. The smallest absolute Gasteiger partial charge is 0.293 e. The number of hydrogen-bond donors (Lipinski definition) is 0. The van der Waals surface area contributed by atoms with Crippen molar-refractivity contribution in [3.63, 3.8) is 0 Å². The Hall–Kier alpha value is -4.00. The van der Waals surface area contributed by atoms with Crippen molar-refractivity contribution in [2.45, 2.75) is 19.6 Å². The van der Waals surface area contributed by atoms with Crippen molar-refractivity contribution in [1.29, 1.82) is 0 Å². The summed E-state index contributed by atoms with van der Waals surface area (Å²) in [6.07, 6.45) is 4.05. The van der Waals surface area contributed by atoms with Gasteiger partial charge >= 0.3 is 0 Å². The Balaban J connectivity index is 1.41. The Kier molecular flexibility index (Phi) is 8.05. The molecule has 7 heteroatoms. The molecular weight excluding hydrogens is 530 g/mol. The Labute approximate surface area is 236 Å². The van der Waals surface area contributed by atoms with Crippen LogP contribution in [0.15, 0.2) is 96.4 Å². The van der Waals surface area contributed by atoms with Crippen LogP contribution in [0.5, 0.6) is 11.5 Å². The molecule has 0 N–H and O–H groups in total. The average molecular weight is 556 g/mol. The first-order valence-corrected chi connectivity index (χ1v) is 13.6. The van der Waals surface area contributed by atoms with E-state index in [0.29, 0.717) is 34.5 Å². The van der Waals surface area contributed by atoms with Crippen LogP contribution in [0.25, 0.3) is 16.8 Å². The summed E-state index contributed by atoms with van der Waals surface area (Å²) in [7, 11) is 1.57. The second kappa shape index (κ2) is 11.8. The Bertz CT molecular complexity index is 1590. The van der Waals surface area contributed by atoms with E-state index in [-0.39, 0.29) is 17.7 Å². The molecule has 39 heavy (non-hydrogen) atoms. The lowest BCUT2D eigenvalue weighted by Crippen LogP contribution is -2.27. The number of halogens is 1. The van der Waals surface area contributed by atoms with Crippen LogP contribution in [0, 0.1) is 0 Å². The van der Waals surface area contributed by atoms with E-state index >= 15 is 0 Å². The molecule has 0 aliphatic carbocycles. The number of amides is 2. The number of methoxy groups -OCH3 is 1. The first kappa shape index (κ1) is 26.6. The molecule has 1 fully saturated rings. The van der Waals surface area contributed by atoms with Crippen LogP contribution in [0.1, 0.15) is 22.3 Å². The lowest BCUT2D eigenvalue weighted by Gasteiger charge is -2.16. The number of allylic oxidation sites excluding steroid dienone is 1. The van der Waals surface area contributed by atoms with Crippen LogP contribution in [0.3, 0.4) is 0 Å². The topological polar surface area (TPSA) is 55.8 Å². The van der Waals surface area contributed by atoms with Gasteiger partial charge in [-0.15, -0.1) is 6.58 Å². The van der Waals surface area contributed by atoms with Gasteiger partial charge in [-0.3, -0.25) is 14.5 Å². The van der Waals surface area contributed by atoms with Gasteiger partial charge in [-0.25, -0.2) is 0 Å². The number of benzene rings is 4. The summed E-state index contributed by atoms with van der Waals surface area (Å²) < 4.78 is 11.8. The molecule has 0 atom stereocenters. The van der Waals surface area contributed by atoms with Crippen LogP contribution in [0.2, 0.25) is 5.02 Å². The molecule has 2 amide bonds. The second-order valence-corrected chi connectivity index (χ2v) is 10.5. The highest BCUT2D eigenvalue weighted by Gasteiger charge is 2.35. The summed E-state index contributed by atoms with van der Waals surface area (Å²) in [6.45, 7) is 4.42. The molecule has 0 aromatic heterocycles. The molecule has 0 spiro atoms. The molecule has 0 saturated carbocycles. The van der Waals surface area contributed by atoms with Gasteiger partial charge in [0.2, 0.25) is 0 Å². The molecule has 196 valence electrons. The molecule has 1 aliphatic heterocycles. The Morgan fingerprint density at radius 2 is 1.74 bits per heavy atom. The standard InChI is InChI=1S/C32H26ClNO4S/c1-3-7-24-16-22(17-28(37-2)30(24)38-20-21-12-14-26(33)15-13-21)18-29-31(35)34(32(36)39-29)19-25-10-6-9-23-8-4-5-11-27(23)25/h3-6,8-18H,1,7,19-20H2,2H3/b29-18-. The third kappa shape index (κ3) is 5.87. The summed E-state index contributed by atoms with van der Waals surface area (Å²) in [5, 5.41) is 2.46. The van der Waals surface area contributed by atoms with Gasteiger partial charge in [0, 0.05) is 10.6 Å². The molecule has 1 heterocycles. The number of thioether (sulfide) groups is 1.